The van der Waals surface area contributed by atoms with Crippen molar-refractivity contribution in [1.29, 1.82) is 0 Å². The second kappa shape index (κ2) is 8.53. The van der Waals surface area contributed by atoms with Gasteiger partial charge in [-0.25, -0.2) is 12.8 Å². The number of nitrogens with zero attached hydrogens (tertiary/aromatic N) is 2. The van der Waals surface area contributed by atoms with Gasteiger partial charge in [0.2, 0.25) is 10.0 Å². The van der Waals surface area contributed by atoms with Crippen molar-refractivity contribution in [1.82, 2.24) is 4.90 Å². The minimum atomic E-state index is -4.35. The van der Waals surface area contributed by atoms with E-state index < -0.39 is 31.8 Å². The lowest BCUT2D eigenvalue weighted by Gasteiger charge is -2.44. The number of aliphatic hydroxyl groups excluding tert-OH is 1. The summed E-state index contributed by atoms with van der Waals surface area (Å²) in [7, 11) is -8.00. The highest BCUT2D eigenvalue weighted by Crippen LogP contribution is 2.55. The molecule has 6 rings (SSSR count). The van der Waals surface area contributed by atoms with E-state index in [-0.39, 0.29) is 63.8 Å². The number of sulfonamides is 2. The second-order valence-electron chi connectivity index (χ2n) is 10.3. The van der Waals surface area contributed by atoms with Crippen molar-refractivity contribution in [3.8, 4) is 0 Å². The lowest BCUT2D eigenvalue weighted by molar-refractivity contribution is -0.134. The van der Waals surface area contributed by atoms with E-state index in [2.05, 4.69) is 14.4 Å². The maximum Gasteiger partial charge on any atom is 0.286 e. The smallest absolute Gasteiger partial charge is 0.286 e. The van der Waals surface area contributed by atoms with Gasteiger partial charge in [-0.05, 0) is 67.0 Å². The molecule has 200 valence electrons. The Labute approximate surface area is 219 Å². The molecule has 0 aromatic heterocycles. The molecule has 38 heavy (non-hydrogen) atoms. The first kappa shape index (κ1) is 24.9. The molecule has 2 aliphatic carbocycles. The molecule has 0 spiro atoms. The van der Waals surface area contributed by atoms with Gasteiger partial charge in [0.25, 0.3) is 15.9 Å². The van der Waals surface area contributed by atoms with E-state index in [0.717, 1.165) is 31.6 Å². The van der Waals surface area contributed by atoms with E-state index in [9.17, 15) is 31.1 Å². The average molecular weight is 561 g/mol. The highest BCUT2D eigenvalue weighted by Gasteiger charge is 2.57. The standard InChI is InChI=1S/C25H25FN4O6S2/c1-37(33,34)28-17-7-8-18-19(11-17)38(35,36)29-24(27-18)21-23(31)20-14-5-6-15(10-14)22(20)30(25(21)32)12-13-3-2-4-16(26)9-13/h2-4,7-9,11,14-15,20,22,28,31H,5-6,10,12H2,1H3,(H,27,29)/t14-,15-,20-,22+/m1/s1. The van der Waals surface area contributed by atoms with Crippen LogP contribution in [0.1, 0.15) is 24.8 Å². The first-order valence-corrected chi connectivity index (χ1v) is 15.5. The van der Waals surface area contributed by atoms with Crippen LogP contribution < -0.4 is 10.0 Å². The number of rotatable bonds is 5. The van der Waals surface area contributed by atoms with Crippen LogP contribution in [-0.4, -0.2) is 50.9 Å². The zero-order valence-corrected chi connectivity index (χ0v) is 21.9. The van der Waals surface area contributed by atoms with E-state index in [0.29, 0.717) is 5.56 Å². The fourth-order valence-corrected chi connectivity index (χ4v) is 8.13. The van der Waals surface area contributed by atoms with Gasteiger partial charge in [0, 0.05) is 24.2 Å². The van der Waals surface area contributed by atoms with E-state index in [1.165, 1.54) is 24.3 Å². The largest absolute Gasteiger partial charge is 0.511 e. The maximum absolute atomic E-state index is 13.9. The number of nitrogens with one attached hydrogen (secondary N) is 2. The Morgan fingerprint density at radius 2 is 1.95 bits per heavy atom. The summed E-state index contributed by atoms with van der Waals surface area (Å²) in [6, 6.07) is 9.56. The third-order valence-electron chi connectivity index (χ3n) is 7.79. The maximum atomic E-state index is 13.9. The average Bonchev–Trinajstić information content (AvgIpc) is 3.43. The van der Waals surface area contributed by atoms with Gasteiger partial charge in [-0.1, -0.05) is 12.1 Å². The number of carbonyl (C=O) groups excluding carboxylic acids is 1. The summed E-state index contributed by atoms with van der Waals surface area (Å²) in [5.74, 6) is -1.53. The summed E-state index contributed by atoms with van der Waals surface area (Å²) in [4.78, 5) is 15.2. The third kappa shape index (κ3) is 4.13. The molecular formula is C25H25FN4O6S2. The molecule has 1 amide bonds. The number of anilines is 2. The normalized spacial score (nSPS) is 27.5. The highest BCUT2D eigenvalue weighted by atomic mass is 32.2. The van der Waals surface area contributed by atoms with Crippen molar-refractivity contribution in [2.24, 2.45) is 22.2 Å². The molecule has 3 N–H and O–H groups in total. The van der Waals surface area contributed by atoms with E-state index in [1.54, 1.807) is 17.0 Å². The van der Waals surface area contributed by atoms with Crippen LogP contribution in [0.15, 0.2) is 63.1 Å². The number of hydrogen-bond donors (Lipinski definition) is 3. The van der Waals surface area contributed by atoms with Gasteiger partial charge in [0.05, 0.1) is 11.9 Å². The topological polar surface area (TPSA) is 145 Å². The molecule has 0 saturated heterocycles. The number of amides is 1. The Morgan fingerprint density at radius 3 is 2.68 bits per heavy atom. The Balaban J connectivity index is 1.41. The summed E-state index contributed by atoms with van der Waals surface area (Å²) in [5.41, 5.74) is 0.497. The molecule has 13 heteroatoms. The predicted octanol–water partition coefficient (Wildman–Crippen LogP) is 2.98. The molecule has 2 bridgehead atoms. The Bertz CT molecular complexity index is 1650. The third-order valence-corrected chi connectivity index (χ3v) is 9.71. The van der Waals surface area contributed by atoms with Crippen LogP contribution in [-0.2, 0) is 31.4 Å². The zero-order valence-electron chi connectivity index (χ0n) is 20.3. The Morgan fingerprint density at radius 1 is 1.18 bits per heavy atom. The van der Waals surface area contributed by atoms with Crippen molar-refractivity contribution in [2.75, 3.05) is 16.3 Å². The lowest BCUT2D eigenvalue weighted by atomic mass is 9.77. The van der Waals surface area contributed by atoms with Crippen molar-refractivity contribution in [2.45, 2.75) is 36.7 Å². The molecule has 2 aromatic carbocycles. The van der Waals surface area contributed by atoms with Crippen molar-refractivity contribution in [3.05, 3.63) is 65.2 Å². The molecule has 0 radical (unpaired) electrons. The van der Waals surface area contributed by atoms with E-state index in [4.69, 9.17) is 0 Å². The monoisotopic (exact) mass is 560 g/mol. The Hall–Kier alpha value is -3.45. The molecule has 2 saturated carbocycles. The highest BCUT2D eigenvalue weighted by molar-refractivity contribution is 7.92. The molecule has 0 unspecified atom stereocenters. The lowest BCUT2D eigenvalue weighted by Crippen LogP contribution is -2.53. The summed E-state index contributed by atoms with van der Waals surface area (Å²) in [5, 5.41) is 14.2. The van der Waals surface area contributed by atoms with E-state index >= 15 is 0 Å². The molecule has 2 aliphatic heterocycles. The van der Waals surface area contributed by atoms with Crippen LogP contribution in [0.4, 0.5) is 15.8 Å². The fourth-order valence-electron chi connectivity index (χ4n) is 6.43. The number of aliphatic hydroxyl groups is 1. The van der Waals surface area contributed by atoms with Gasteiger partial charge >= 0.3 is 0 Å². The molecular weight excluding hydrogens is 535 g/mol. The first-order valence-electron chi connectivity index (χ1n) is 12.1. The van der Waals surface area contributed by atoms with Crippen LogP contribution in [0.3, 0.4) is 0 Å². The van der Waals surface area contributed by atoms with Crippen molar-refractivity contribution < 1.29 is 31.1 Å². The minimum absolute atomic E-state index is 0.0390. The molecule has 2 heterocycles. The van der Waals surface area contributed by atoms with Gasteiger partial charge in [0.15, 0.2) is 5.84 Å². The van der Waals surface area contributed by atoms with Crippen LogP contribution in [0.2, 0.25) is 0 Å². The van der Waals surface area contributed by atoms with Gasteiger partial charge in [-0.2, -0.15) is 8.42 Å². The minimum Gasteiger partial charge on any atom is -0.511 e. The summed E-state index contributed by atoms with van der Waals surface area (Å²) < 4.78 is 69.4. The Kier molecular flexibility index (Phi) is 5.58. The fraction of sp³-hybridized carbons (Fsp3) is 0.360. The van der Waals surface area contributed by atoms with Crippen LogP contribution in [0, 0.1) is 23.6 Å². The number of amidine groups is 1. The number of carbonyl (C=O) groups is 1. The number of fused-ring (bicyclic) bond motifs is 6. The van der Waals surface area contributed by atoms with Crippen molar-refractivity contribution >= 4 is 43.2 Å². The first-order chi connectivity index (χ1) is 17.9. The molecule has 2 fully saturated rings. The molecule has 4 atom stereocenters. The van der Waals surface area contributed by atoms with E-state index in [1.807, 2.05) is 0 Å². The van der Waals surface area contributed by atoms with Crippen LogP contribution >= 0.6 is 0 Å². The van der Waals surface area contributed by atoms with Gasteiger partial charge in [-0.3, -0.25) is 9.52 Å². The quantitative estimate of drug-likeness (QED) is 0.510. The SMILES string of the molecule is CS(=O)(=O)Nc1ccc2c(c1)S(=O)(=O)N=C(C1=C(O)[C@@H]3[C@@H]4CC[C@H](C4)[C@@H]3N(Cc3cccc(F)c3)C1=O)N2. The van der Waals surface area contributed by atoms with Gasteiger partial charge in [-0.15, -0.1) is 4.40 Å². The number of halogens is 1. The molecule has 4 aliphatic rings. The summed E-state index contributed by atoms with van der Waals surface area (Å²) in [6.45, 7) is 0.106. The van der Waals surface area contributed by atoms with Crippen LogP contribution in [0.25, 0.3) is 0 Å². The number of hydrogen-bond acceptors (Lipinski definition) is 7. The van der Waals surface area contributed by atoms with Crippen molar-refractivity contribution in [3.63, 3.8) is 0 Å². The predicted molar refractivity (Wildman–Crippen MR) is 138 cm³/mol. The van der Waals surface area contributed by atoms with Gasteiger partial charge < -0.3 is 15.3 Å². The summed E-state index contributed by atoms with van der Waals surface area (Å²) >= 11 is 0. The van der Waals surface area contributed by atoms with Crippen LogP contribution in [0.5, 0.6) is 0 Å². The zero-order chi connectivity index (χ0) is 27.0. The van der Waals surface area contributed by atoms with Gasteiger partial charge in [0.1, 0.15) is 22.0 Å². The second-order valence-corrected chi connectivity index (χ2v) is 13.6. The molecule has 2 aromatic rings. The summed E-state index contributed by atoms with van der Waals surface area (Å²) in [6.07, 6.45) is 3.60. The molecule has 10 nitrogen and oxygen atoms in total. The number of benzene rings is 2.